The molecule has 0 saturated heterocycles. The second-order valence-corrected chi connectivity index (χ2v) is 2.44. The average Bonchev–Trinajstić information content (AvgIpc) is 2.03. The highest BCUT2D eigenvalue weighted by Gasteiger charge is 2.18. The van der Waals surface area contributed by atoms with E-state index in [-0.39, 0.29) is 5.91 Å². The lowest BCUT2D eigenvalue weighted by atomic mass is 10.4. The standard InChI is InChI=1S/C8H16N2O3/c1-4-9-7(10-6(3)11)8(12)13-5-2/h7,9H,4-5H2,1-3H3,(H,10,11)/t7-/m1/s1. The number of nitrogens with one attached hydrogen (secondary N) is 2. The summed E-state index contributed by atoms with van der Waals surface area (Å²) in [5.41, 5.74) is 0. The number of ether oxygens (including phenoxy) is 1. The topological polar surface area (TPSA) is 67.4 Å². The molecule has 0 radical (unpaired) electrons. The Bertz CT molecular complexity index is 182. The SMILES string of the molecule is CCN[C@H](NC(C)=O)C(=O)OCC. The maximum absolute atomic E-state index is 11.2. The molecule has 0 heterocycles. The molecule has 2 N–H and O–H groups in total. The van der Waals surface area contributed by atoms with Gasteiger partial charge < -0.3 is 10.1 Å². The molecule has 5 nitrogen and oxygen atoms in total. The van der Waals surface area contributed by atoms with Gasteiger partial charge in [0.05, 0.1) is 6.61 Å². The summed E-state index contributed by atoms with van der Waals surface area (Å²) < 4.78 is 4.74. The largest absolute Gasteiger partial charge is 0.463 e. The van der Waals surface area contributed by atoms with E-state index in [1.807, 2.05) is 6.92 Å². The van der Waals surface area contributed by atoms with Crippen molar-refractivity contribution in [3.05, 3.63) is 0 Å². The van der Waals surface area contributed by atoms with Gasteiger partial charge in [-0.05, 0) is 13.5 Å². The molecule has 0 bridgehead atoms. The number of hydrogen-bond acceptors (Lipinski definition) is 4. The molecule has 1 atom stereocenters. The summed E-state index contributed by atoms with van der Waals surface area (Å²) in [5, 5.41) is 5.23. The van der Waals surface area contributed by atoms with Crippen LogP contribution < -0.4 is 10.6 Å². The first-order valence-electron chi connectivity index (χ1n) is 4.28. The molecule has 0 saturated carbocycles. The van der Waals surface area contributed by atoms with Gasteiger partial charge in [-0.25, -0.2) is 4.79 Å². The van der Waals surface area contributed by atoms with Crippen molar-refractivity contribution in [2.24, 2.45) is 0 Å². The summed E-state index contributed by atoms with van der Waals surface area (Å²) in [5.74, 6) is -0.724. The molecule has 76 valence electrons. The van der Waals surface area contributed by atoms with Crippen LogP contribution in [0.5, 0.6) is 0 Å². The van der Waals surface area contributed by atoms with E-state index in [0.29, 0.717) is 13.2 Å². The van der Waals surface area contributed by atoms with Gasteiger partial charge in [-0.3, -0.25) is 10.1 Å². The number of rotatable bonds is 5. The van der Waals surface area contributed by atoms with E-state index in [9.17, 15) is 9.59 Å². The molecule has 0 aromatic heterocycles. The predicted molar refractivity (Wildman–Crippen MR) is 47.9 cm³/mol. The minimum absolute atomic E-state index is 0.265. The van der Waals surface area contributed by atoms with Gasteiger partial charge in [0.25, 0.3) is 0 Å². The van der Waals surface area contributed by atoms with E-state index >= 15 is 0 Å². The minimum atomic E-state index is -0.734. The quantitative estimate of drug-likeness (QED) is 0.456. The van der Waals surface area contributed by atoms with Gasteiger partial charge in [0, 0.05) is 6.92 Å². The number of carbonyl (C=O) groups is 2. The Kier molecular flexibility index (Phi) is 5.88. The van der Waals surface area contributed by atoms with Crippen molar-refractivity contribution in [2.75, 3.05) is 13.2 Å². The van der Waals surface area contributed by atoms with Crippen molar-refractivity contribution in [2.45, 2.75) is 26.9 Å². The predicted octanol–water partition coefficient (Wildman–Crippen LogP) is -0.379. The molecule has 5 heteroatoms. The van der Waals surface area contributed by atoms with Crippen molar-refractivity contribution in [3.63, 3.8) is 0 Å². The van der Waals surface area contributed by atoms with Gasteiger partial charge in [0.15, 0.2) is 6.17 Å². The van der Waals surface area contributed by atoms with Crippen molar-refractivity contribution in [1.82, 2.24) is 10.6 Å². The van der Waals surface area contributed by atoms with Crippen LogP contribution in [-0.2, 0) is 14.3 Å². The van der Waals surface area contributed by atoms with E-state index in [1.54, 1.807) is 6.92 Å². The Morgan fingerprint density at radius 2 is 2.00 bits per heavy atom. The van der Waals surface area contributed by atoms with E-state index in [0.717, 1.165) is 0 Å². The third-order valence-electron chi connectivity index (χ3n) is 1.28. The van der Waals surface area contributed by atoms with Crippen molar-refractivity contribution >= 4 is 11.9 Å². The summed E-state index contributed by atoms with van der Waals surface area (Å²) in [6.45, 7) is 5.80. The Hall–Kier alpha value is -1.10. The molecule has 0 unspecified atom stereocenters. The minimum Gasteiger partial charge on any atom is -0.463 e. The van der Waals surface area contributed by atoms with Crippen LogP contribution in [0.3, 0.4) is 0 Å². The van der Waals surface area contributed by atoms with Crippen LogP contribution in [0.2, 0.25) is 0 Å². The Labute approximate surface area is 77.8 Å². The van der Waals surface area contributed by atoms with Crippen LogP contribution in [0.1, 0.15) is 20.8 Å². The fourth-order valence-corrected chi connectivity index (χ4v) is 0.826. The Morgan fingerprint density at radius 1 is 1.38 bits per heavy atom. The van der Waals surface area contributed by atoms with Crippen LogP contribution in [0.15, 0.2) is 0 Å². The summed E-state index contributed by atoms with van der Waals surface area (Å²) in [6, 6.07) is 0. The monoisotopic (exact) mass is 188 g/mol. The highest BCUT2D eigenvalue weighted by molar-refractivity contribution is 5.82. The molecule has 0 aliphatic rings. The Morgan fingerprint density at radius 3 is 2.38 bits per heavy atom. The fourth-order valence-electron chi connectivity index (χ4n) is 0.826. The summed E-state index contributed by atoms with van der Waals surface area (Å²) in [4.78, 5) is 21.8. The smallest absolute Gasteiger partial charge is 0.343 e. The number of esters is 1. The fraction of sp³-hybridized carbons (Fsp3) is 0.750. The molecule has 13 heavy (non-hydrogen) atoms. The van der Waals surface area contributed by atoms with Crippen LogP contribution in [0, 0.1) is 0 Å². The van der Waals surface area contributed by atoms with Gasteiger partial charge >= 0.3 is 5.97 Å². The third kappa shape index (κ3) is 5.19. The van der Waals surface area contributed by atoms with Gasteiger partial charge in [-0.15, -0.1) is 0 Å². The van der Waals surface area contributed by atoms with Crippen molar-refractivity contribution < 1.29 is 14.3 Å². The van der Waals surface area contributed by atoms with E-state index < -0.39 is 12.1 Å². The molecular formula is C8H16N2O3. The zero-order chi connectivity index (χ0) is 10.3. The molecule has 0 aromatic rings. The zero-order valence-corrected chi connectivity index (χ0v) is 8.22. The van der Waals surface area contributed by atoms with Crippen LogP contribution in [-0.4, -0.2) is 31.2 Å². The number of likely N-dealkylation sites (N-methyl/N-ethyl adjacent to an activating group) is 1. The van der Waals surface area contributed by atoms with Crippen LogP contribution in [0.25, 0.3) is 0 Å². The average molecular weight is 188 g/mol. The van der Waals surface area contributed by atoms with Gasteiger partial charge in [0.1, 0.15) is 0 Å². The van der Waals surface area contributed by atoms with Gasteiger partial charge in [-0.1, -0.05) is 6.92 Å². The number of hydrogen-bond donors (Lipinski definition) is 2. The molecule has 1 amide bonds. The highest BCUT2D eigenvalue weighted by Crippen LogP contribution is 1.85. The molecular weight excluding hydrogens is 172 g/mol. The molecule has 0 fully saturated rings. The zero-order valence-electron chi connectivity index (χ0n) is 8.22. The Balaban J connectivity index is 4.06. The summed E-state index contributed by atoms with van der Waals surface area (Å²) in [7, 11) is 0. The normalized spacial score (nSPS) is 11.9. The lowest BCUT2D eigenvalue weighted by Gasteiger charge is -2.16. The summed E-state index contributed by atoms with van der Waals surface area (Å²) >= 11 is 0. The maximum atomic E-state index is 11.2. The van der Waals surface area contributed by atoms with E-state index in [4.69, 9.17) is 4.74 Å². The second-order valence-electron chi connectivity index (χ2n) is 2.44. The lowest BCUT2D eigenvalue weighted by Crippen LogP contribution is -2.50. The molecule has 0 spiro atoms. The molecule has 0 aromatic carbocycles. The van der Waals surface area contributed by atoms with Gasteiger partial charge in [0.2, 0.25) is 5.91 Å². The second kappa shape index (κ2) is 6.42. The number of amides is 1. The highest BCUT2D eigenvalue weighted by atomic mass is 16.5. The van der Waals surface area contributed by atoms with E-state index in [1.165, 1.54) is 6.92 Å². The molecule has 0 aliphatic carbocycles. The first-order valence-corrected chi connectivity index (χ1v) is 4.28. The van der Waals surface area contributed by atoms with Crippen molar-refractivity contribution in [3.8, 4) is 0 Å². The van der Waals surface area contributed by atoms with Crippen molar-refractivity contribution in [1.29, 1.82) is 0 Å². The summed E-state index contributed by atoms with van der Waals surface area (Å²) in [6.07, 6.45) is -0.734. The maximum Gasteiger partial charge on any atom is 0.343 e. The van der Waals surface area contributed by atoms with Crippen LogP contribution in [0.4, 0.5) is 0 Å². The first kappa shape index (κ1) is 11.9. The van der Waals surface area contributed by atoms with E-state index in [2.05, 4.69) is 10.6 Å². The number of carbonyl (C=O) groups excluding carboxylic acids is 2. The third-order valence-corrected chi connectivity index (χ3v) is 1.28. The van der Waals surface area contributed by atoms with Crippen LogP contribution >= 0.6 is 0 Å². The molecule has 0 rings (SSSR count). The molecule has 0 aliphatic heterocycles. The first-order chi connectivity index (χ1) is 6.11. The lowest BCUT2D eigenvalue weighted by molar-refractivity contribution is -0.148. The van der Waals surface area contributed by atoms with Gasteiger partial charge in [-0.2, -0.15) is 0 Å².